The molecule has 2 aliphatic carbocycles. The third-order valence-electron chi connectivity index (χ3n) is 6.72. The van der Waals surface area contributed by atoms with Gasteiger partial charge in [-0.15, -0.1) is 0 Å². The van der Waals surface area contributed by atoms with Crippen LogP contribution in [0.3, 0.4) is 0 Å². The summed E-state index contributed by atoms with van der Waals surface area (Å²) < 4.78 is 0. The van der Waals surface area contributed by atoms with Crippen LogP contribution >= 0.6 is 0 Å². The molecule has 2 saturated carbocycles. The minimum atomic E-state index is -0.694. The van der Waals surface area contributed by atoms with Crippen LogP contribution in [0.4, 0.5) is 5.69 Å². The molecule has 0 spiro atoms. The summed E-state index contributed by atoms with van der Waals surface area (Å²) in [5.41, 5.74) is 1.75. The van der Waals surface area contributed by atoms with Gasteiger partial charge < -0.3 is 10.0 Å². The van der Waals surface area contributed by atoms with E-state index in [1.54, 1.807) is 0 Å². The molecule has 0 aromatic heterocycles. The third-order valence-corrected chi connectivity index (χ3v) is 6.72. The highest BCUT2D eigenvalue weighted by atomic mass is 16.3. The van der Waals surface area contributed by atoms with E-state index in [1.807, 2.05) is 0 Å². The predicted molar refractivity (Wildman–Crippen MR) is 83.9 cm³/mol. The van der Waals surface area contributed by atoms with Crippen molar-refractivity contribution >= 4 is 5.69 Å². The maximum Gasteiger partial charge on any atom is 0.0977 e. The highest BCUT2D eigenvalue weighted by Crippen LogP contribution is 2.73. The Labute approximate surface area is 122 Å². The van der Waals surface area contributed by atoms with Gasteiger partial charge in [0.25, 0.3) is 0 Å². The minimum absolute atomic E-state index is 0.0310. The van der Waals surface area contributed by atoms with E-state index in [-0.39, 0.29) is 10.8 Å². The van der Waals surface area contributed by atoms with Crippen molar-refractivity contribution in [3.05, 3.63) is 29.8 Å². The maximum absolute atomic E-state index is 11.7. The van der Waals surface area contributed by atoms with Gasteiger partial charge in [-0.25, -0.2) is 0 Å². The van der Waals surface area contributed by atoms with Gasteiger partial charge in [0.1, 0.15) is 0 Å². The summed E-state index contributed by atoms with van der Waals surface area (Å²) in [6, 6.07) is 8.36. The number of aliphatic hydroxyl groups is 1. The van der Waals surface area contributed by atoms with Crippen molar-refractivity contribution in [2.75, 3.05) is 19.0 Å². The number of nitrogens with zero attached hydrogens (tertiary/aromatic N) is 1. The van der Waals surface area contributed by atoms with E-state index in [0.717, 1.165) is 24.1 Å². The van der Waals surface area contributed by atoms with Crippen molar-refractivity contribution in [2.24, 2.45) is 16.7 Å². The molecule has 0 radical (unpaired) electrons. The average Bonchev–Trinajstić information content (AvgIpc) is 2.71. The molecular formula is C18H27NO. The van der Waals surface area contributed by atoms with Gasteiger partial charge >= 0.3 is 0 Å². The molecular weight excluding hydrogens is 246 g/mol. The Morgan fingerprint density at radius 1 is 1.15 bits per heavy atom. The van der Waals surface area contributed by atoms with Crippen LogP contribution in [-0.2, 0) is 5.60 Å². The zero-order valence-electron chi connectivity index (χ0n) is 13.4. The van der Waals surface area contributed by atoms with Crippen LogP contribution in [0.2, 0.25) is 0 Å². The van der Waals surface area contributed by atoms with Gasteiger partial charge in [-0.05, 0) is 36.7 Å². The highest BCUT2D eigenvalue weighted by molar-refractivity contribution is 5.56. The summed E-state index contributed by atoms with van der Waals surface area (Å²) in [7, 11) is 4.12. The second-order valence-electron chi connectivity index (χ2n) is 7.77. The fourth-order valence-corrected chi connectivity index (χ4v) is 4.90. The lowest BCUT2D eigenvalue weighted by atomic mass is 9.62. The smallest absolute Gasteiger partial charge is 0.0977 e. The standard InChI is InChI=1S/C18H27NO/c1-16(2)13-10-11-17(16,3)18(20,12-13)14-8-6-7-9-15(14)19(4)5/h6-9,13,20H,10-12H2,1-5H3/t13-,17-,18+/m1/s1. The SMILES string of the molecule is CN(C)c1ccccc1[C@@]1(O)C[C@H]2CC[C@]1(C)C2(C)C. The molecule has 110 valence electrons. The quantitative estimate of drug-likeness (QED) is 0.886. The Hall–Kier alpha value is -1.02. The maximum atomic E-state index is 11.7. The summed E-state index contributed by atoms with van der Waals surface area (Å²) in [5.74, 6) is 0.632. The monoisotopic (exact) mass is 273 g/mol. The molecule has 0 unspecified atom stereocenters. The van der Waals surface area contributed by atoms with Crippen molar-refractivity contribution in [2.45, 2.75) is 45.6 Å². The van der Waals surface area contributed by atoms with E-state index in [2.05, 4.69) is 64.0 Å². The normalized spacial score (nSPS) is 38.2. The summed E-state index contributed by atoms with van der Waals surface area (Å²) in [5, 5.41) is 11.7. The predicted octanol–water partition coefficient (Wildman–Crippen LogP) is 3.79. The van der Waals surface area contributed by atoms with E-state index in [9.17, 15) is 5.11 Å². The molecule has 3 rings (SSSR count). The first-order valence-electron chi connectivity index (χ1n) is 7.73. The van der Waals surface area contributed by atoms with Gasteiger partial charge in [0, 0.05) is 30.8 Å². The van der Waals surface area contributed by atoms with Crippen LogP contribution in [0.5, 0.6) is 0 Å². The topological polar surface area (TPSA) is 23.5 Å². The largest absolute Gasteiger partial charge is 0.384 e. The van der Waals surface area contributed by atoms with E-state index in [4.69, 9.17) is 0 Å². The van der Waals surface area contributed by atoms with E-state index in [0.29, 0.717) is 5.92 Å². The van der Waals surface area contributed by atoms with Crippen molar-refractivity contribution in [3.63, 3.8) is 0 Å². The lowest BCUT2D eigenvalue weighted by Gasteiger charge is -2.46. The Morgan fingerprint density at radius 2 is 1.80 bits per heavy atom. The number of hydrogen-bond donors (Lipinski definition) is 1. The molecule has 1 aromatic rings. The first-order valence-corrected chi connectivity index (χ1v) is 7.73. The number of hydrogen-bond acceptors (Lipinski definition) is 2. The van der Waals surface area contributed by atoms with E-state index in [1.165, 1.54) is 6.42 Å². The minimum Gasteiger partial charge on any atom is -0.384 e. The van der Waals surface area contributed by atoms with Crippen LogP contribution in [0.15, 0.2) is 24.3 Å². The summed E-state index contributed by atoms with van der Waals surface area (Å²) in [6.45, 7) is 6.99. The number of anilines is 1. The average molecular weight is 273 g/mol. The lowest BCUT2D eigenvalue weighted by molar-refractivity contribution is -0.0953. The molecule has 0 aliphatic heterocycles. The molecule has 20 heavy (non-hydrogen) atoms. The van der Waals surface area contributed by atoms with Crippen molar-refractivity contribution < 1.29 is 5.11 Å². The Kier molecular flexibility index (Phi) is 2.79. The second kappa shape index (κ2) is 4.00. The van der Waals surface area contributed by atoms with Crippen molar-refractivity contribution in [1.29, 1.82) is 0 Å². The Morgan fingerprint density at radius 3 is 2.30 bits per heavy atom. The van der Waals surface area contributed by atoms with Crippen LogP contribution < -0.4 is 4.90 Å². The molecule has 0 heterocycles. The van der Waals surface area contributed by atoms with Crippen LogP contribution in [0, 0.1) is 16.7 Å². The zero-order valence-corrected chi connectivity index (χ0v) is 13.4. The second-order valence-corrected chi connectivity index (χ2v) is 7.77. The fraction of sp³-hybridized carbons (Fsp3) is 0.667. The first kappa shape index (κ1) is 13.9. The zero-order chi connectivity index (χ0) is 14.8. The molecule has 0 amide bonds. The number of benzene rings is 1. The van der Waals surface area contributed by atoms with E-state index >= 15 is 0 Å². The third kappa shape index (κ3) is 1.43. The summed E-state index contributed by atoms with van der Waals surface area (Å²) in [6.07, 6.45) is 3.29. The lowest BCUT2D eigenvalue weighted by Crippen LogP contribution is -2.45. The molecule has 1 N–H and O–H groups in total. The highest BCUT2D eigenvalue weighted by Gasteiger charge is 2.69. The molecule has 3 atom stereocenters. The van der Waals surface area contributed by atoms with Gasteiger partial charge in [-0.2, -0.15) is 0 Å². The molecule has 2 fully saturated rings. The molecule has 2 heteroatoms. The van der Waals surface area contributed by atoms with Gasteiger partial charge in [-0.1, -0.05) is 39.0 Å². The van der Waals surface area contributed by atoms with Gasteiger partial charge in [0.05, 0.1) is 5.60 Å². The number of para-hydroxylation sites is 1. The molecule has 2 bridgehead atoms. The van der Waals surface area contributed by atoms with Crippen LogP contribution in [-0.4, -0.2) is 19.2 Å². The fourth-order valence-electron chi connectivity index (χ4n) is 4.90. The molecule has 2 aliphatic rings. The van der Waals surface area contributed by atoms with Crippen LogP contribution in [0.25, 0.3) is 0 Å². The molecule has 1 aromatic carbocycles. The Balaban J connectivity index is 2.16. The summed E-state index contributed by atoms with van der Waals surface area (Å²) in [4.78, 5) is 2.12. The first-order chi connectivity index (χ1) is 9.24. The van der Waals surface area contributed by atoms with Crippen LogP contribution in [0.1, 0.15) is 45.6 Å². The van der Waals surface area contributed by atoms with Gasteiger partial charge in [0.2, 0.25) is 0 Å². The Bertz CT molecular complexity index is 536. The van der Waals surface area contributed by atoms with Gasteiger partial charge in [-0.3, -0.25) is 0 Å². The van der Waals surface area contributed by atoms with Crippen molar-refractivity contribution in [3.8, 4) is 0 Å². The molecule has 0 saturated heterocycles. The van der Waals surface area contributed by atoms with Gasteiger partial charge in [0.15, 0.2) is 0 Å². The van der Waals surface area contributed by atoms with E-state index < -0.39 is 5.60 Å². The number of rotatable bonds is 2. The summed E-state index contributed by atoms with van der Waals surface area (Å²) >= 11 is 0. The van der Waals surface area contributed by atoms with Crippen molar-refractivity contribution in [1.82, 2.24) is 0 Å². The number of fused-ring (bicyclic) bond motifs is 2. The molecule has 2 nitrogen and oxygen atoms in total.